The second-order valence-electron chi connectivity index (χ2n) is 9.13. The first-order valence-corrected chi connectivity index (χ1v) is 7.70. The molecule has 0 aliphatic carbocycles. The summed E-state index contributed by atoms with van der Waals surface area (Å²) in [7, 11) is -0.596. The summed E-state index contributed by atoms with van der Waals surface area (Å²) in [4.78, 5) is 12.8. The third-order valence-electron chi connectivity index (χ3n) is 4.04. The number of hydrogen-bond acceptors (Lipinski definition) is 3. The molecule has 1 saturated heterocycles. The van der Waals surface area contributed by atoms with Crippen molar-refractivity contribution in [3.8, 4) is 0 Å². The summed E-state index contributed by atoms with van der Waals surface area (Å²) >= 11 is 0. The van der Waals surface area contributed by atoms with Crippen LogP contribution in [0.3, 0.4) is 0 Å². The van der Waals surface area contributed by atoms with E-state index in [9.17, 15) is 4.79 Å². The first-order chi connectivity index (χ1) is 9.07. The largest absolute Gasteiger partial charge is 0.498 e. The maximum Gasteiger partial charge on any atom is 0.498 e. The summed E-state index contributed by atoms with van der Waals surface area (Å²) in [6.07, 6.45) is 1.99. The Morgan fingerprint density at radius 1 is 0.905 bits per heavy atom. The molecule has 1 aliphatic rings. The topological polar surface area (TPSA) is 35.5 Å². The number of carbonyl (C=O) groups excluding carboxylic acids is 1. The maximum atomic E-state index is 12.8. The van der Waals surface area contributed by atoms with Gasteiger partial charge in [-0.25, -0.2) is 0 Å². The van der Waals surface area contributed by atoms with E-state index in [1.165, 1.54) is 0 Å². The van der Waals surface area contributed by atoms with Crippen molar-refractivity contribution in [2.75, 3.05) is 0 Å². The van der Waals surface area contributed by atoms with Crippen molar-refractivity contribution in [3.05, 3.63) is 11.5 Å². The number of ketones is 1. The highest BCUT2D eigenvalue weighted by Crippen LogP contribution is 2.40. The summed E-state index contributed by atoms with van der Waals surface area (Å²) in [5, 5.41) is 0. The van der Waals surface area contributed by atoms with Crippen LogP contribution in [0.2, 0.25) is 0 Å². The summed E-state index contributed by atoms with van der Waals surface area (Å²) in [5.41, 5.74) is -0.811. The van der Waals surface area contributed by atoms with Gasteiger partial charge in [-0.1, -0.05) is 47.6 Å². The quantitative estimate of drug-likeness (QED) is 0.565. The van der Waals surface area contributed by atoms with Crippen LogP contribution in [0.1, 0.15) is 69.2 Å². The Morgan fingerprint density at radius 2 is 1.29 bits per heavy atom. The zero-order chi connectivity index (χ0) is 16.9. The molecule has 0 bridgehead atoms. The molecular weight excluding hydrogens is 263 g/mol. The van der Waals surface area contributed by atoms with Gasteiger partial charge in [0.1, 0.15) is 0 Å². The molecule has 0 spiro atoms. The van der Waals surface area contributed by atoms with Crippen molar-refractivity contribution < 1.29 is 14.1 Å². The highest BCUT2D eigenvalue weighted by atomic mass is 16.7. The zero-order valence-corrected chi connectivity index (χ0v) is 15.4. The van der Waals surface area contributed by atoms with E-state index < -0.39 is 23.7 Å². The number of Topliss-reactive ketones (excluding diaryl/α,β-unsaturated/α-hetero) is 1. The summed E-state index contributed by atoms with van der Waals surface area (Å²) in [6, 6.07) is 0. The SMILES string of the molecule is CC(C)(C)C=C(B1OC(C)(C)C(C)(C)O1)C(=O)C(C)(C)C. The Morgan fingerprint density at radius 3 is 1.57 bits per heavy atom. The maximum absolute atomic E-state index is 12.8. The van der Waals surface area contributed by atoms with Crippen molar-refractivity contribution in [1.82, 2.24) is 0 Å². The van der Waals surface area contributed by atoms with Gasteiger partial charge in [-0.15, -0.1) is 0 Å². The van der Waals surface area contributed by atoms with Crippen molar-refractivity contribution >= 4 is 12.9 Å². The van der Waals surface area contributed by atoms with Crippen LogP contribution in [-0.4, -0.2) is 24.1 Å². The molecule has 1 fully saturated rings. The molecule has 0 atom stereocenters. The average molecular weight is 294 g/mol. The molecule has 0 saturated carbocycles. The van der Waals surface area contributed by atoms with E-state index in [1.807, 2.05) is 54.5 Å². The molecule has 21 heavy (non-hydrogen) atoms. The van der Waals surface area contributed by atoms with Gasteiger partial charge in [-0.3, -0.25) is 4.79 Å². The molecule has 1 aliphatic heterocycles. The molecule has 0 aromatic carbocycles. The molecule has 120 valence electrons. The normalized spacial score (nSPS) is 22.6. The number of allylic oxidation sites excluding steroid dienone is 2. The van der Waals surface area contributed by atoms with Crippen LogP contribution in [0.25, 0.3) is 0 Å². The molecule has 0 N–H and O–H groups in total. The van der Waals surface area contributed by atoms with Crippen LogP contribution in [-0.2, 0) is 14.1 Å². The molecule has 0 radical (unpaired) electrons. The molecule has 0 aromatic rings. The molecule has 0 amide bonds. The third-order valence-corrected chi connectivity index (χ3v) is 4.04. The lowest BCUT2D eigenvalue weighted by Crippen LogP contribution is -2.41. The summed E-state index contributed by atoms with van der Waals surface area (Å²) in [6.45, 7) is 20.0. The van der Waals surface area contributed by atoms with Crippen molar-refractivity contribution in [2.45, 2.75) is 80.4 Å². The van der Waals surface area contributed by atoms with Gasteiger partial charge in [0, 0.05) is 10.9 Å². The Balaban J connectivity index is 3.24. The smallest absolute Gasteiger partial charge is 0.399 e. The molecule has 0 unspecified atom stereocenters. The zero-order valence-electron chi connectivity index (χ0n) is 15.4. The van der Waals surface area contributed by atoms with E-state index in [0.717, 1.165) is 0 Å². The lowest BCUT2D eigenvalue weighted by Gasteiger charge is -2.32. The molecular formula is C17H31BO3. The van der Waals surface area contributed by atoms with Gasteiger partial charge in [-0.2, -0.15) is 0 Å². The van der Waals surface area contributed by atoms with Crippen LogP contribution in [0.4, 0.5) is 0 Å². The Bertz CT molecular complexity index is 432. The van der Waals surface area contributed by atoms with Crippen LogP contribution < -0.4 is 0 Å². The third kappa shape index (κ3) is 4.20. The number of carbonyl (C=O) groups is 1. The fourth-order valence-corrected chi connectivity index (χ4v) is 2.11. The van der Waals surface area contributed by atoms with Gasteiger partial charge in [0.2, 0.25) is 0 Å². The lowest BCUT2D eigenvalue weighted by atomic mass is 9.67. The van der Waals surface area contributed by atoms with E-state index in [-0.39, 0.29) is 11.2 Å². The van der Waals surface area contributed by atoms with Crippen molar-refractivity contribution in [2.24, 2.45) is 10.8 Å². The van der Waals surface area contributed by atoms with Gasteiger partial charge in [-0.05, 0) is 33.1 Å². The molecule has 1 heterocycles. The Labute approximate surface area is 130 Å². The highest BCUT2D eigenvalue weighted by Gasteiger charge is 2.54. The predicted octanol–water partition coefficient (Wildman–Crippen LogP) is 4.21. The van der Waals surface area contributed by atoms with Crippen LogP contribution in [0.5, 0.6) is 0 Å². The molecule has 0 aromatic heterocycles. The van der Waals surface area contributed by atoms with Crippen LogP contribution >= 0.6 is 0 Å². The van der Waals surface area contributed by atoms with E-state index in [1.54, 1.807) is 0 Å². The van der Waals surface area contributed by atoms with E-state index in [4.69, 9.17) is 9.31 Å². The lowest BCUT2D eigenvalue weighted by molar-refractivity contribution is -0.122. The predicted molar refractivity (Wildman–Crippen MR) is 88.1 cm³/mol. The Hall–Kier alpha value is -0.605. The minimum absolute atomic E-state index is 0.0796. The van der Waals surface area contributed by atoms with E-state index >= 15 is 0 Å². The second kappa shape index (κ2) is 5.24. The van der Waals surface area contributed by atoms with Gasteiger partial charge in [0.15, 0.2) is 5.78 Å². The summed E-state index contributed by atoms with van der Waals surface area (Å²) in [5.74, 6) is 0.0796. The average Bonchev–Trinajstić information content (AvgIpc) is 2.41. The minimum atomic E-state index is -0.596. The van der Waals surface area contributed by atoms with Gasteiger partial charge < -0.3 is 9.31 Å². The molecule has 4 heteroatoms. The monoisotopic (exact) mass is 294 g/mol. The number of hydrogen-bond donors (Lipinski definition) is 0. The van der Waals surface area contributed by atoms with Crippen molar-refractivity contribution in [3.63, 3.8) is 0 Å². The minimum Gasteiger partial charge on any atom is -0.399 e. The first kappa shape index (κ1) is 18.4. The van der Waals surface area contributed by atoms with Crippen LogP contribution in [0, 0.1) is 10.8 Å². The van der Waals surface area contributed by atoms with E-state index in [2.05, 4.69) is 20.8 Å². The van der Waals surface area contributed by atoms with Crippen LogP contribution in [0.15, 0.2) is 11.5 Å². The van der Waals surface area contributed by atoms with Gasteiger partial charge in [0.05, 0.1) is 11.2 Å². The van der Waals surface area contributed by atoms with Gasteiger partial charge in [0.25, 0.3) is 0 Å². The Kier molecular flexibility index (Phi) is 4.60. The standard InChI is InChI=1S/C17H31BO3/c1-14(2,3)11-12(13(19)15(4,5)6)18-20-16(7,8)17(9,10)21-18/h11H,1-10H3. The second-order valence-corrected chi connectivity index (χ2v) is 9.13. The fourth-order valence-electron chi connectivity index (χ4n) is 2.11. The van der Waals surface area contributed by atoms with E-state index in [0.29, 0.717) is 5.47 Å². The fraction of sp³-hybridized carbons (Fsp3) is 0.824. The first-order valence-electron chi connectivity index (χ1n) is 7.70. The molecule has 3 nitrogen and oxygen atoms in total. The number of rotatable bonds is 2. The van der Waals surface area contributed by atoms with Gasteiger partial charge >= 0.3 is 7.12 Å². The summed E-state index contributed by atoms with van der Waals surface area (Å²) < 4.78 is 12.2. The van der Waals surface area contributed by atoms with Crippen molar-refractivity contribution in [1.29, 1.82) is 0 Å². The molecule has 1 rings (SSSR count). The highest BCUT2D eigenvalue weighted by molar-refractivity contribution is 6.62.